The van der Waals surface area contributed by atoms with Gasteiger partial charge in [-0.15, -0.1) is 5.10 Å². The first-order valence-electron chi connectivity index (χ1n) is 11.1. The molecule has 0 saturated carbocycles. The van der Waals surface area contributed by atoms with Gasteiger partial charge in [-0.25, -0.2) is 4.68 Å². The summed E-state index contributed by atoms with van der Waals surface area (Å²) in [5.74, 6) is 1.11. The summed E-state index contributed by atoms with van der Waals surface area (Å²) in [6, 6.07) is 11.9. The zero-order chi connectivity index (χ0) is 21.2. The lowest BCUT2D eigenvalue weighted by Crippen LogP contribution is -2.39. The molecule has 1 saturated heterocycles. The summed E-state index contributed by atoms with van der Waals surface area (Å²) in [4.78, 5) is 15.0. The summed E-state index contributed by atoms with van der Waals surface area (Å²) >= 11 is 0. The Morgan fingerprint density at radius 1 is 1.13 bits per heavy atom. The molecule has 1 aliphatic heterocycles. The molecule has 7 nitrogen and oxygen atoms in total. The van der Waals surface area contributed by atoms with Gasteiger partial charge >= 0.3 is 0 Å². The lowest BCUT2D eigenvalue weighted by Gasteiger charge is -2.31. The Morgan fingerprint density at radius 2 is 1.94 bits per heavy atom. The third-order valence-corrected chi connectivity index (χ3v) is 6.41. The number of likely N-dealkylation sites (tertiary alicyclic amines) is 1. The standard InChI is InChI=1S/C24H27N5O2/c1-17-21(15-25-29(17)20-7-3-2-4-8-20)24(30)28-12-10-18(11-13-28)16-31-23-14-19-6-5-9-22(19)26-27-23/h2-4,7-8,14-15,18H,5-6,9-13,16H2,1H3. The quantitative estimate of drug-likeness (QED) is 0.636. The second-order valence-corrected chi connectivity index (χ2v) is 8.45. The Morgan fingerprint density at radius 3 is 2.74 bits per heavy atom. The zero-order valence-corrected chi connectivity index (χ0v) is 17.8. The van der Waals surface area contributed by atoms with Crippen molar-refractivity contribution in [3.05, 3.63) is 65.1 Å². The average molecular weight is 418 g/mol. The molecule has 0 spiro atoms. The number of hydrogen-bond donors (Lipinski definition) is 0. The van der Waals surface area contributed by atoms with Gasteiger partial charge in [-0.05, 0) is 62.6 Å². The molecule has 2 aromatic heterocycles. The van der Waals surface area contributed by atoms with E-state index in [9.17, 15) is 4.79 Å². The van der Waals surface area contributed by atoms with Crippen molar-refractivity contribution in [3.63, 3.8) is 0 Å². The molecule has 0 radical (unpaired) electrons. The largest absolute Gasteiger partial charge is 0.476 e. The fourth-order valence-corrected chi connectivity index (χ4v) is 4.50. The lowest BCUT2D eigenvalue weighted by molar-refractivity contribution is 0.0658. The SMILES string of the molecule is Cc1c(C(=O)N2CCC(COc3cc4c(nn3)CCC4)CC2)cnn1-c1ccccc1. The van der Waals surface area contributed by atoms with Crippen LogP contribution in [0.15, 0.2) is 42.6 Å². The van der Waals surface area contributed by atoms with Crippen LogP contribution in [0.2, 0.25) is 0 Å². The van der Waals surface area contributed by atoms with E-state index in [0.29, 0.717) is 24.0 Å². The molecule has 2 aliphatic rings. The number of carbonyl (C=O) groups is 1. The maximum Gasteiger partial charge on any atom is 0.257 e. The number of piperidine rings is 1. The Kier molecular flexibility index (Phi) is 5.40. The molecule has 0 unspecified atom stereocenters. The number of ether oxygens (including phenoxy) is 1. The smallest absolute Gasteiger partial charge is 0.257 e. The summed E-state index contributed by atoms with van der Waals surface area (Å²) in [7, 11) is 0. The third-order valence-electron chi connectivity index (χ3n) is 6.41. The molecule has 0 bridgehead atoms. The molecule has 3 heterocycles. The molecular formula is C24H27N5O2. The number of fused-ring (bicyclic) bond motifs is 1. The second kappa shape index (κ2) is 8.49. The summed E-state index contributed by atoms with van der Waals surface area (Å²) in [6.45, 7) is 4.04. The van der Waals surface area contributed by atoms with Crippen LogP contribution in [0, 0.1) is 12.8 Å². The molecule has 0 atom stereocenters. The number of carbonyl (C=O) groups excluding carboxylic acids is 1. The van der Waals surface area contributed by atoms with Gasteiger partial charge in [0.15, 0.2) is 0 Å². The zero-order valence-electron chi connectivity index (χ0n) is 17.8. The first kappa shape index (κ1) is 19.7. The highest BCUT2D eigenvalue weighted by atomic mass is 16.5. The second-order valence-electron chi connectivity index (χ2n) is 8.45. The van der Waals surface area contributed by atoms with Crippen LogP contribution in [0.4, 0.5) is 0 Å². The van der Waals surface area contributed by atoms with Gasteiger partial charge in [0.2, 0.25) is 5.88 Å². The highest BCUT2D eigenvalue weighted by Crippen LogP contribution is 2.24. The number of aromatic nitrogens is 4. The van der Waals surface area contributed by atoms with Gasteiger partial charge in [-0.3, -0.25) is 4.79 Å². The minimum Gasteiger partial charge on any atom is -0.476 e. The number of rotatable bonds is 5. The maximum absolute atomic E-state index is 13.1. The Balaban J connectivity index is 1.16. The Bertz CT molecular complexity index is 1070. The molecule has 0 N–H and O–H groups in total. The van der Waals surface area contributed by atoms with Crippen molar-refractivity contribution in [2.45, 2.75) is 39.0 Å². The molecule has 1 aromatic carbocycles. The molecule has 1 amide bonds. The highest BCUT2D eigenvalue weighted by Gasteiger charge is 2.26. The van der Waals surface area contributed by atoms with Gasteiger partial charge in [0, 0.05) is 19.2 Å². The van der Waals surface area contributed by atoms with Crippen molar-refractivity contribution in [3.8, 4) is 11.6 Å². The molecule has 1 fully saturated rings. The Labute approximate surface area is 182 Å². The van der Waals surface area contributed by atoms with Crippen molar-refractivity contribution in [2.24, 2.45) is 5.92 Å². The van der Waals surface area contributed by atoms with Crippen LogP contribution >= 0.6 is 0 Å². The molecule has 3 aromatic rings. The lowest BCUT2D eigenvalue weighted by atomic mass is 9.97. The van der Waals surface area contributed by atoms with Crippen LogP contribution in [0.1, 0.15) is 46.6 Å². The van der Waals surface area contributed by atoms with E-state index in [4.69, 9.17) is 4.74 Å². The average Bonchev–Trinajstić information content (AvgIpc) is 3.44. The van der Waals surface area contributed by atoms with E-state index in [1.165, 1.54) is 5.56 Å². The summed E-state index contributed by atoms with van der Waals surface area (Å²) in [5.41, 5.74) is 4.90. The van der Waals surface area contributed by atoms with Crippen molar-refractivity contribution in [1.29, 1.82) is 0 Å². The molecular weight excluding hydrogens is 390 g/mol. The van der Waals surface area contributed by atoms with Crippen molar-refractivity contribution in [1.82, 2.24) is 24.9 Å². The van der Waals surface area contributed by atoms with Crippen LogP contribution in [-0.4, -0.2) is 50.5 Å². The van der Waals surface area contributed by atoms with Crippen LogP contribution < -0.4 is 4.74 Å². The minimum atomic E-state index is 0.0588. The summed E-state index contributed by atoms with van der Waals surface area (Å²) in [6.07, 6.45) is 6.79. The third kappa shape index (κ3) is 4.04. The van der Waals surface area contributed by atoms with E-state index in [2.05, 4.69) is 15.3 Å². The number of benzene rings is 1. The summed E-state index contributed by atoms with van der Waals surface area (Å²) in [5, 5.41) is 12.9. The van der Waals surface area contributed by atoms with Gasteiger partial charge in [0.05, 0.1) is 35.4 Å². The summed E-state index contributed by atoms with van der Waals surface area (Å²) < 4.78 is 7.76. The topological polar surface area (TPSA) is 73.1 Å². The highest BCUT2D eigenvalue weighted by molar-refractivity contribution is 5.95. The van der Waals surface area contributed by atoms with E-state index >= 15 is 0 Å². The monoisotopic (exact) mass is 417 g/mol. The van der Waals surface area contributed by atoms with Crippen molar-refractivity contribution >= 4 is 5.91 Å². The van der Waals surface area contributed by atoms with Crippen LogP contribution in [0.3, 0.4) is 0 Å². The van der Waals surface area contributed by atoms with E-state index in [1.54, 1.807) is 6.20 Å². The fourth-order valence-electron chi connectivity index (χ4n) is 4.50. The fraction of sp³-hybridized carbons (Fsp3) is 0.417. The number of amides is 1. The van der Waals surface area contributed by atoms with Crippen LogP contribution in [0.25, 0.3) is 5.69 Å². The number of hydrogen-bond acceptors (Lipinski definition) is 5. The number of para-hydroxylation sites is 1. The first-order chi connectivity index (χ1) is 15.2. The van der Waals surface area contributed by atoms with Crippen molar-refractivity contribution < 1.29 is 9.53 Å². The number of aryl methyl sites for hydroxylation is 2. The van der Waals surface area contributed by atoms with Crippen LogP contribution in [-0.2, 0) is 12.8 Å². The normalized spacial score (nSPS) is 16.4. The van der Waals surface area contributed by atoms with Gasteiger partial charge < -0.3 is 9.64 Å². The minimum absolute atomic E-state index is 0.0588. The molecule has 5 rings (SSSR count). The van der Waals surface area contributed by atoms with E-state index < -0.39 is 0 Å². The molecule has 31 heavy (non-hydrogen) atoms. The first-order valence-corrected chi connectivity index (χ1v) is 11.1. The predicted molar refractivity (Wildman–Crippen MR) is 116 cm³/mol. The van der Waals surface area contributed by atoms with E-state index in [-0.39, 0.29) is 5.91 Å². The van der Waals surface area contributed by atoms with Gasteiger partial charge in [0.25, 0.3) is 5.91 Å². The van der Waals surface area contributed by atoms with E-state index in [0.717, 1.165) is 62.3 Å². The maximum atomic E-state index is 13.1. The van der Waals surface area contributed by atoms with Gasteiger partial charge in [-0.1, -0.05) is 18.2 Å². The molecule has 7 heteroatoms. The molecule has 160 valence electrons. The van der Waals surface area contributed by atoms with Crippen molar-refractivity contribution in [2.75, 3.05) is 19.7 Å². The Hall–Kier alpha value is -3.22. The number of nitrogens with zero attached hydrogens (tertiary/aromatic N) is 5. The van der Waals surface area contributed by atoms with E-state index in [1.807, 2.05) is 52.9 Å². The van der Waals surface area contributed by atoms with Gasteiger partial charge in [0.1, 0.15) is 0 Å². The predicted octanol–water partition coefficient (Wildman–Crippen LogP) is 3.39. The van der Waals surface area contributed by atoms with Crippen LogP contribution in [0.5, 0.6) is 5.88 Å². The van der Waals surface area contributed by atoms with Gasteiger partial charge in [-0.2, -0.15) is 10.2 Å². The molecule has 1 aliphatic carbocycles.